The van der Waals surface area contributed by atoms with Crippen molar-refractivity contribution >= 4 is 0 Å². The Bertz CT molecular complexity index is 460. The third-order valence-electron chi connectivity index (χ3n) is 3.49. The number of nitrogens with one attached hydrogen (secondary N) is 1. The molecule has 0 amide bonds. The van der Waals surface area contributed by atoms with Crippen LogP contribution >= 0.6 is 0 Å². The number of rotatable bonds is 6. The van der Waals surface area contributed by atoms with Gasteiger partial charge < -0.3 is 15.2 Å². The van der Waals surface area contributed by atoms with Gasteiger partial charge in [0.05, 0.1) is 5.60 Å². The van der Waals surface area contributed by atoms with E-state index in [4.69, 9.17) is 4.74 Å². The summed E-state index contributed by atoms with van der Waals surface area (Å²) in [6, 6.07) is 4.63. The molecule has 0 spiro atoms. The zero-order chi connectivity index (χ0) is 14.8. The Balaban J connectivity index is 1.77. The van der Waals surface area contributed by atoms with Crippen LogP contribution in [0.25, 0.3) is 0 Å². The fourth-order valence-corrected chi connectivity index (χ4v) is 2.86. The lowest BCUT2D eigenvalue weighted by atomic mass is 9.94. The summed E-state index contributed by atoms with van der Waals surface area (Å²) >= 11 is 0. The second-order valence-corrected chi connectivity index (χ2v) is 6.42. The molecule has 2 atom stereocenters. The molecule has 2 N–H and O–H groups in total. The van der Waals surface area contributed by atoms with E-state index in [0.29, 0.717) is 25.4 Å². The van der Waals surface area contributed by atoms with Gasteiger partial charge in [-0.1, -0.05) is 13.8 Å². The highest BCUT2D eigenvalue weighted by Crippen LogP contribution is 2.29. The van der Waals surface area contributed by atoms with Gasteiger partial charge in [0.15, 0.2) is 0 Å². The average Bonchev–Trinajstić information content (AvgIpc) is 2.68. The maximum Gasteiger partial charge on any atom is 0.123 e. The molecule has 20 heavy (non-hydrogen) atoms. The minimum Gasteiger partial charge on any atom is -0.488 e. The molecule has 1 aromatic rings. The van der Waals surface area contributed by atoms with Gasteiger partial charge in [0.25, 0.3) is 0 Å². The number of hydrogen-bond acceptors (Lipinski definition) is 3. The lowest BCUT2D eigenvalue weighted by molar-refractivity contribution is 0.0366. The van der Waals surface area contributed by atoms with E-state index in [1.54, 1.807) is 6.07 Å². The molecule has 3 nitrogen and oxygen atoms in total. The quantitative estimate of drug-likeness (QED) is 0.842. The summed E-state index contributed by atoms with van der Waals surface area (Å²) in [4.78, 5) is 0. The van der Waals surface area contributed by atoms with Crippen LogP contribution in [0.5, 0.6) is 5.75 Å². The van der Waals surface area contributed by atoms with Crippen molar-refractivity contribution in [2.75, 3.05) is 13.1 Å². The molecule has 2 unspecified atom stereocenters. The molecule has 2 rings (SSSR count). The van der Waals surface area contributed by atoms with Crippen LogP contribution in [0.4, 0.5) is 4.39 Å². The number of hydrogen-bond donors (Lipinski definition) is 2. The highest BCUT2D eigenvalue weighted by molar-refractivity contribution is 5.37. The fraction of sp³-hybridized carbons (Fsp3) is 0.625. The van der Waals surface area contributed by atoms with E-state index in [-0.39, 0.29) is 11.9 Å². The van der Waals surface area contributed by atoms with Gasteiger partial charge in [0, 0.05) is 25.1 Å². The first-order chi connectivity index (χ1) is 9.35. The summed E-state index contributed by atoms with van der Waals surface area (Å²) in [5.74, 6) is 1.01. The molecular formula is C16H24FNO2. The first-order valence-electron chi connectivity index (χ1n) is 7.24. The maximum atomic E-state index is 13.1. The Morgan fingerprint density at radius 3 is 2.95 bits per heavy atom. The number of aliphatic hydroxyl groups is 1. The van der Waals surface area contributed by atoms with Gasteiger partial charge in [-0.15, -0.1) is 0 Å². The van der Waals surface area contributed by atoms with E-state index in [2.05, 4.69) is 19.2 Å². The largest absolute Gasteiger partial charge is 0.488 e. The summed E-state index contributed by atoms with van der Waals surface area (Å²) in [5.41, 5.74) is 0.219. The molecule has 112 valence electrons. The normalized spacial score (nSPS) is 20.6. The zero-order valence-corrected chi connectivity index (χ0v) is 12.4. The van der Waals surface area contributed by atoms with E-state index in [0.717, 1.165) is 17.7 Å². The minimum absolute atomic E-state index is 0.0154. The fourth-order valence-electron chi connectivity index (χ4n) is 2.86. The Hall–Kier alpha value is -1.13. The summed E-state index contributed by atoms with van der Waals surface area (Å²) in [6.07, 6.45) is 1.49. The van der Waals surface area contributed by atoms with Crippen LogP contribution in [0.3, 0.4) is 0 Å². The van der Waals surface area contributed by atoms with Gasteiger partial charge in [-0.3, -0.25) is 0 Å². The Morgan fingerprint density at radius 1 is 1.50 bits per heavy atom. The van der Waals surface area contributed by atoms with Crippen LogP contribution in [0, 0.1) is 11.7 Å². The number of ether oxygens (including phenoxy) is 1. The molecule has 1 aliphatic rings. The lowest BCUT2D eigenvalue weighted by Crippen LogP contribution is -2.42. The Kier molecular flexibility index (Phi) is 4.66. The van der Waals surface area contributed by atoms with Crippen LogP contribution in [0.15, 0.2) is 18.2 Å². The average molecular weight is 281 g/mol. The van der Waals surface area contributed by atoms with E-state index >= 15 is 0 Å². The summed E-state index contributed by atoms with van der Waals surface area (Å²) < 4.78 is 18.9. The minimum atomic E-state index is -0.703. The highest BCUT2D eigenvalue weighted by atomic mass is 19.1. The topological polar surface area (TPSA) is 41.5 Å². The van der Waals surface area contributed by atoms with E-state index in [1.165, 1.54) is 12.1 Å². The number of halogens is 1. The third kappa shape index (κ3) is 4.18. The van der Waals surface area contributed by atoms with Gasteiger partial charge in [-0.25, -0.2) is 4.39 Å². The van der Waals surface area contributed by atoms with Crippen LogP contribution in [0.2, 0.25) is 0 Å². The molecule has 1 heterocycles. The Labute approximate surface area is 120 Å². The molecule has 0 saturated heterocycles. The van der Waals surface area contributed by atoms with Crippen LogP contribution in [0.1, 0.15) is 32.8 Å². The molecule has 0 fully saturated rings. The second kappa shape index (κ2) is 6.10. The molecular weight excluding hydrogens is 257 g/mol. The zero-order valence-electron chi connectivity index (χ0n) is 12.4. The van der Waals surface area contributed by atoms with Gasteiger partial charge in [-0.2, -0.15) is 0 Å². The molecule has 0 saturated carbocycles. The van der Waals surface area contributed by atoms with Gasteiger partial charge >= 0.3 is 0 Å². The first-order valence-corrected chi connectivity index (χ1v) is 7.24. The van der Waals surface area contributed by atoms with Crippen LogP contribution in [-0.2, 0) is 6.42 Å². The molecule has 0 radical (unpaired) electrons. The third-order valence-corrected chi connectivity index (χ3v) is 3.49. The van der Waals surface area contributed by atoms with Crippen molar-refractivity contribution in [2.24, 2.45) is 5.92 Å². The summed E-state index contributed by atoms with van der Waals surface area (Å²) in [7, 11) is 0. The van der Waals surface area contributed by atoms with Crippen molar-refractivity contribution < 1.29 is 14.2 Å². The van der Waals surface area contributed by atoms with Gasteiger partial charge in [0.1, 0.15) is 17.7 Å². The second-order valence-electron chi connectivity index (χ2n) is 6.42. The van der Waals surface area contributed by atoms with Crippen molar-refractivity contribution in [1.82, 2.24) is 5.32 Å². The molecule has 1 aliphatic heterocycles. The maximum absolute atomic E-state index is 13.1. The van der Waals surface area contributed by atoms with Crippen LogP contribution < -0.4 is 10.1 Å². The van der Waals surface area contributed by atoms with Crippen molar-refractivity contribution in [3.05, 3.63) is 29.6 Å². The van der Waals surface area contributed by atoms with Crippen molar-refractivity contribution in [1.29, 1.82) is 0 Å². The smallest absolute Gasteiger partial charge is 0.123 e. The molecule has 4 heteroatoms. The predicted octanol–water partition coefficient (Wildman–Crippen LogP) is 2.52. The van der Waals surface area contributed by atoms with Gasteiger partial charge in [-0.05, 0) is 37.5 Å². The van der Waals surface area contributed by atoms with E-state index in [1.807, 2.05) is 6.92 Å². The first kappa shape index (κ1) is 15.3. The number of fused-ring (bicyclic) bond motifs is 1. The number of benzene rings is 1. The Morgan fingerprint density at radius 2 is 2.25 bits per heavy atom. The van der Waals surface area contributed by atoms with E-state index in [9.17, 15) is 9.50 Å². The van der Waals surface area contributed by atoms with E-state index < -0.39 is 5.60 Å². The molecule has 0 aliphatic carbocycles. The SMILES string of the molecule is CC(C)CC(C)(O)CNCC1Cc2cc(F)ccc2O1. The predicted molar refractivity (Wildman–Crippen MR) is 77.5 cm³/mol. The summed E-state index contributed by atoms with van der Waals surface area (Å²) in [6.45, 7) is 7.24. The van der Waals surface area contributed by atoms with Crippen molar-refractivity contribution in [3.8, 4) is 5.75 Å². The standard InChI is InChI=1S/C16H24FNO2/c1-11(2)8-16(3,19)10-18-9-14-7-12-6-13(17)4-5-15(12)20-14/h4-6,11,14,18-19H,7-10H2,1-3H3. The lowest BCUT2D eigenvalue weighted by Gasteiger charge is -2.26. The summed E-state index contributed by atoms with van der Waals surface area (Å²) in [5, 5.41) is 13.5. The molecule has 1 aromatic carbocycles. The molecule has 0 bridgehead atoms. The molecule has 0 aromatic heterocycles. The monoisotopic (exact) mass is 281 g/mol. The van der Waals surface area contributed by atoms with Crippen LogP contribution in [-0.4, -0.2) is 29.9 Å². The highest BCUT2D eigenvalue weighted by Gasteiger charge is 2.25. The van der Waals surface area contributed by atoms with Gasteiger partial charge in [0.2, 0.25) is 0 Å². The van der Waals surface area contributed by atoms with Crippen molar-refractivity contribution in [3.63, 3.8) is 0 Å². The van der Waals surface area contributed by atoms with Crippen molar-refractivity contribution in [2.45, 2.75) is 45.3 Å².